The molecule has 39 heavy (non-hydrogen) atoms. The van der Waals surface area contributed by atoms with E-state index in [4.69, 9.17) is 9.47 Å². The first-order valence-corrected chi connectivity index (χ1v) is 12.8. The highest BCUT2D eigenvalue weighted by Crippen LogP contribution is 2.31. The summed E-state index contributed by atoms with van der Waals surface area (Å²) in [6.07, 6.45) is -6.73. The van der Waals surface area contributed by atoms with Crippen molar-refractivity contribution in [2.24, 2.45) is 5.92 Å². The lowest BCUT2D eigenvalue weighted by Crippen LogP contribution is -2.49. The first-order valence-electron chi connectivity index (χ1n) is 12.8. The van der Waals surface area contributed by atoms with Crippen LogP contribution in [0.25, 0.3) is 0 Å². The minimum absolute atomic E-state index is 0.0869. The Bertz CT molecular complexity index is 1130. The van der Waals surface area contributed by atoms with Crippen LogP contribution in [0.3, 0.4) is 0 Å². The van der Waals surface area contributed by atoms with Crippen LogP contribution < -0.4 is 14.8 Å². The number of amides is 2. The maximum Gasteiger partial charge on any atom is 0.389 e. The zero-order chi connectivity index (χ0) is 28.7. The molecule has 11 heteroatoms. The molecular formula is C28H36F3N3O5. The standard InChI is InChI=1S/C28H36F3N3O5/c1-18-14-34(19(2)17-35)27(37)23-13-21(32-26(36)11-12-28(29,30)31)7-10-24(23)39-25(18)16-33(3)15-20-5-8-22(38-4)9-6-20/h5-10,13,18-19,25,35H,11-12,14-17H2,1-4H3,(H,32,36)/t18-,19-,25+/m0/s1. The molecule has 0 fully saturated rings. The van der Waals surface area contributed by atoms with Gasteiger partial charge in [-0.15, -0.1) is 0 Å². The fourth-order valence-electron chi connectivity index (χ4n) is 4.41. The van der Waals surface area contributed by atoms with Crippen LogP contribution in [-0.2, 0) is 11.3 Å². The molecule has 214 valence electrons. The Morgan fingerprint density at radius 2 is 1.95 bits per heavy atom. The number of ether oxygens (including phenoxy) is 2. The van der Waals surface area contributed by atoms with E-state index >= 15 is 0 Å². The van der Waals surface area contributed by atoms with Crippen LogP contribution in [0.4, 0.5) is 18.9 Å². The van der Waals surface area contributed by atoms with Crippen molar-refractivity contribution in [3.8, 4) is 11.5 Å². The highest BCUT2D eigenvalue weighted by atomic mass is 19.4. The van der Waals surface area contributed by atoms with Gasteiger partial charge in [0.15, 0.2) is 0 Å². The molecule has 1 aliphatic heterocycles. The molecule has 2 aromatic carbocycles. The highest BCUT2D eigenvalue weighted by molar-refractivity contribution is 5.99. The number of benzene rings is 2. The molecule has 0 radical (unpaired) electrons. The number of rotatable bonds is 10. The first kappa shape index (κ1) is 30.2. The topological polar surface area (TPSA) is 91.3 Å². The number of nitrogens with zero attached hydrogens (tertiary/aromatic N) is 2. The smallest absolute Gasteiger partial charge is 0.389 e. The maximum atomic E-state index is 13.5. The quantitative estimate of drug-likeness (QED) is 0.457. The minimum Gasteiger partial charge on any atom is -0.497 e. The van der Waals surface area contributed by atoms with Gasteiger partial charge in [0.1, 0.15) is 17.6 Å². The summed E-state index contributed by atoms with van der Waals surface area (Å²) < 4.78 is 49.1. The molecule has 2 amide bonds. The molecule has 2 aromatic rings. The SMILES string of the molecule is COc1ccc(CN(C)C[C@H]2Oc3ccc(NC(=O)CCC(F)(F)F)cc3C(=O)N([C@@H](C)CO)C[C@@H]2C)cc1. The van der Waals surface area contributed by atoms with E-state index in [1.807, 2.05) is 38.2 Å². The third-order valence-electron chi connectivity index (χ3n) is 6.69. The van der Waals surface area contributed by atoms with E-state index in [0.717, 1.165) is 11.3 Å². The monoisotopic (exact) mass is 551 g/mol. The number of likely N-dealkylation sites (N-methyl/N-ethyl adjacent to an activating group) is 1. The fourth-order valence-corrected chi connectivity index (χ4v) is 4.41. The van der Waals surface area contributed by atoms with Gasteiger partial charge in [-0.2, -0.15) is 13.2 Å². The van der Waals surface area contributed by atoms with E-state index in [0.29, 0.717) is 25.4 Å². The number of methoxy groups -OCH3 is 1. The highest BCUT2D eigenvalue weighted by Gasteiger charge is 2.34. The Balaban J connectivity index is 1.82. The Kier molecular flexibility index (Phi) is 10.2. The lowest BCUT2D eigenvalue weighted by Gasteiger charge is -2.38. The van der Waals surface area contributed by atoms with Crippen molar-refractivity contribution in [2.45, 2.75) is 51.6 Å². The van der Waals surface area contributed by atoms with Crippen molar-refractivity contribution in [3.05, 3.63) is 53.6 Å². The van der Waals surface area contributed by atoms with Crippen LogP contribution in [0.1, 0.15) is 42.6 Å². The predicted octanol–water partition coefficient (Wildman–Crippen LogP) is 4.33. The van der Waals surface area contributed by atoms with Crippen molar-refractivity contribution in [2.75, 3.05) is 39.2 Å². The van der Waals surface area contributed by atoms with E-state index in [1.165, 1.54) is 12.1 Å². The fraction of sp³-hybridized carbons (Fsp3) is 0.500. The number of fused-ring (bicyclic) bond motifs is 1. The second kappa shape index (κ2) is 13.2. The summed E-state index contributed by atoms with van der Waals surface area (Å²) in [5, 5.41) is 12.3. The summed E-state index contributed by atoms with van der Waals surface area (Å²) in [5.74, 6) is -0.212. The minimum atomic E-state index is -4.44. The summed E-state index contributed by atoms with van der Waals surface area (Å²) in [6, 6.07) is 11.7. The summed E-state index contributed by atoms with van der Waals surface area (Å²) in [5.41, 5.74) is 1.45. The van der Waals surface area contributed by atoms with Gasteiger partial charge in [0.2, 0.25) is 5.91 Å². The molecule has 0 saturated carbocycles. The van der Waals surface area contributed by atoms with Gasteiger partial charge in [-0.1, -0.05) is 19.1 Å². The van der Waals surface area contributed by atoms with Crippen molar-refractivity contribution >= 4 is 17.5 Å². The predicted molar refractivity (Wildman–Crippen MR) is 141 cm³/mol. The van der Waals surface area contributed by atoms with E-state index in [-0.39, 0.29) is 29.9 Å². The van der Waals surface area contributed by atoms with Gasteiger partial charge in [-0.25, -0.2) is 0 Å². The third kappa shape index (κ3) is 8.59. The molecule has 3 rings (SSSR count). The first-order chi connectivity index (χ1) is 18.4. The largest absolute Gasteiger partial charge is 0.497 e. The Morgan fingerprint density at radius 3 is 2.56 bits per heavy atom. The molecule has 3 atom stereocenters. The molecule has 8 nitrogen and oxygen atoms in total. The Hall–Kier alpha value is -3.31. The maximum absolute atomic E-state index is 13.5. The molecular weight excluding hydrogens is 515 g/mol. The number of aliphatic hydroxyl groups excluding tert-OH is 1. The van der Waals surface area contributed by atoms with Gasteiger partial charge in [0.05, 0.1) is 31.7 Å². The molecule has 0 aliphatic carbocycles. The van der Waals surface area contributed by atoms with Gasteiger partial charge >= 0.3 is 6.18 Å². The van der Waals surface area contributed by atoms with E-state index in [1.54, 1.807) is 25.0 Å². The van der Waals surface area contributed by atoms with Crippen molar-refractivity contribution < 1.29 is 37.3 Å². The Labute approximate surface area is 226 Å². The van der Waals surface area contributed by atoms with Crippen LogP contribution in [0.5, 0.6) is 11.5 Å². The Morgan fingerprint density at radius 1 is 1.26 bits per heavy atom. The molecule has 1 heterocycles. The van der Waals surface area contributed by atoms with Crippen LogP contribution in [0.15, 0.2) is 42.5 Å². The van der Waals surface area contributed by atoms with Crippen molar-refractivity contribution in [1.29, 1.82) is 0 Å². The molecule has 2 N–H and O–H groups in total. The number of hydrogen-bond acceptors (Lipinski definition) is 6. The number of carbonyl (C=O) groups excluding carboxylic acids is 2. The average molecular weight is 552 g/mol. The normalized spacial score (nSPS) is 18.6. The number of nitrogens with one attached hydrogen (secondary N) is 1. The van der Waals surface area contributed by atoms with Gasteiger partial charge < -0.3 is 24.8 Å². The molecule has 0 bridgehead atoms. The molecule has 0 spiro atoms. The number of carbonyl (C=O) groups is 2. The number of anilines is 1. The number of alkyl halides is 3. The van der Waals surface area contributed by atoms with Crippen LogP contribution in [-0.4, -0.2) is 78.9 Å². The van der Waals surface area contributed by atoms with Crippen LogP contribution >= 0.6 is 0 Å². The zero-order valence-corrected chi connectivity index (χ0v) is 22.6. The number of hydrogen-bond donors (Lipinski definition) is 2. The lowest BCUT2D eigenvalue weighted by molar-refractivity contribution is -0.142. The summed E-state index contributed by atoms with van der Waals surface area (Å²) in [4.78, 5) is 29.3. The third-order valence-corrected chi connectivity index (χ3v) is 6.69. The molecule has 0 saturated heterocycles. The van der Waals surface area contributed by atoms with E-state index in [2.05, 4.69) is 10.2 Å². The summed E-state index contributed by atoms with van der Waals surface area (Å²) in [7, 11) is 3.58. The van der Waals surface area contributed by atoms with Crippen molar-refractivity contribution in [1.82, 2.24) is 9.80 Å². The molecule has 0 aromatic heterocycles. The number of aliphatic hydroxyl groups is 1. The van der Waals surface area contributed by atoms with Gasteiger partial charge in [-0.05, 0) is 49.9 Å². The van der Waals surface area contributed by atoms with E-state index in [9.17, 15) is 27.9 Å². The zero-order valence-electron chi connectivity index (χ0n) is 22.6. The molecule has 1 aliphatic rings. The van der Waals surface area contributed by atoms with Gasteiger partial charge in [0.25, 0.3) is 5.91 Å². The average Bonchev–Trinajstić information content (AvgIpc) is 2.89. The van der Waals surface area contributed by atoms with E-state index < -0.39 is 36.9 Å². The molecule has 0 unspecified atom stereocenters. The van der Waals surface area contributed by atoms with Gasteiger partial charge in [0, 0.05) is 37.7 Å². The number of halogens is 3. The second-order valence-electron chi connectivity index (χ2n) is 10.0. The van der Waals surface area contributed by atoms with Crippen LogP contribution in [0, 0.1) is 5.92 Å². The van der Waals surface area contributed by atoms with Gasteiger partial charge in [-0.3, -0.25) is 14.5 Å². The summed E-state index contributed by atoms with van der Waals surface area (Å²) in [6.45, 7) is 4.99. The second-order valence-corrected chi connectivity index (χ2v) is 10.0. The van der Waals surface area contributed by atoms with Crippen LogP contribution in [0.2, 0.25) is 0 Å². The lowest BCUT2D eigenvalue weighted by atomic mass is 9.99. The summed E-state index contributed by atoms with van der Waals surface area (Å²) >= 11 is 0. The van der Waals surface area contributed by atoms with Crippen molar-refractivity contribution in [3.63, 3.8) is 0 Å².